The van der Waals surface area contributed by atoms with E-state index in [4.69, 9.17) is 29.4 Å². The largest absolute Gasteiger partial charge is 0.480 e. The van der Waals surface area contributed by atoms with Gasteiger partial charge in [-0.1, -0.05) is 107 Å². The molecule has 3 aliphatic carbocycles. The third-order valence-corrected chi connectivity index (χ3v) is 19.2. The first-order valence-corrected chi connectivity index (χ1v) is 32.3. The van der Waals surface area contributed by atoms with Crippen molar-refractivity contribution in [3.63, 3.8) is 0 Å². The first-order valence-electron chi connectivity index (χ1n) is 32.3. The molecule has 27 nitrogen and oxygen atoms in total. The van der Waals surface area contributed by atoms with E-state index in [1.807, 2.05) is 12.1 Å². The summed E-state index contributed by atoms with van der Waals surface area (Å²) in [4.78, 5) is 154. The number of hydrogen-bond donors (Lipinski definition) is 10. The number of fused-ring (bicyclic) bond motifs is 6. The van der Waals surface area contributed by atoms with Crippen LogP contribution in [0.15, 0.2) is 108 Å². The van der Waals surface area contributed by atoms with Crippen LogP contribution in [0.5, 0.6) is 0 Å². The lowest BCUT2D eigenvalue weighted by molar-refractivity contribution is -0.346. The monoisotopic (exact) mass is 1350 g/mol. The van der Waals surface area contributed by atoms with Crippen molar-refractivity contribution in [2.45, 2.75) is 186 Å². The number of nitrogens with two attached hydrogens (primary N) is 1. The minimum atomic E-state index is -2.47. The van der Waals surface area contributed by atoms with Crippen LogP contribution in [0.4, 0.5) is 0 Å². The van der Waals surface area contributed by atoms with E-state index in [2.05, 4.69) is 31.6 Å². The molecule has 4 aliphatic rings. The normalized spacial score (nSPS) is 25.6. The van der Waals surface area contributed by atoms with Crippen molar-refractivity contribution in [2.75, 3.05) is 19.8 Å². The van der Waals surface area contributed by atoms with Gasteiger partial charge in [-0.2, -0.15) is 0 Å². The quantitative estimate of drug-likeness (QED) is 0.0177. The second-order valence-corrected chi connectivity index (χ2v) is 27.1. The van der Waals surface area contributed by atoms with Crippen molar-refractivity contribution < 1.29 is 96.9 Å². The van der Waals surface area contributed by atoms with E-state index in [0.29, 0.717) is 11.1 Å². The van der Waals surface area contributed by atoms with Crippen molar-refractivity contribution >= 4 is 76.0 Å². The number of esters is 3. The van der Waals surface area contributed by atoms with Gasteiger partial charge in [-0.25, -0.2) is 19.4 Å². The van der Waals surface area contributed by atoms with Crippen molar-refractivity contribution in [1.29, 1.82) is 0 Å². The number of primary amides is 1. The molecular weight excluding hydrogens is 1260 g/mol. The molecule has 0 spiro atoms. The fraction of sp³-hybridized carbons (Fsp3) is 0.514. The molecule has 1 aliphatic heterocycles. The van der Waals surface area contributed by atoms with Gasteiger partial charge < -0.3 is 76.4 Å². The zero-order valence-electron chi connectivity index (χ0n) is 55.7. The molecule has 3 fully saturated rings. The number of pyridine rings is 1. The van der Waals surface area contributed by atoms with Crippen LogP contribution in [0.1, 0.15) is 146 Å². The van der Waals surface area contributed by atoms with E-state index < -0.39 is 179 Å². The molecule has 8 rings (SSSR count). The Morgan fingerprint density at radius 3 is 2.08 bits per heavy atom. The Labute approximate surface area is 560 Å². The Bertz CT molecular complexity index is 3690. The number of carbonyl (C=O) groups is 11. The molecule has 2 heterocycles. The fourth-order valence-electron chi connectivity index (χ4n) is 13.6. The molecule has 6 amide bonds. The summed E-state index contributed by atoms with van der Waals surface area (Å²) in [7, 11) is 0. The number of Topliss-reactive ketones (excluding diaryl/α,β-unsaturated/α-hetero) is 1. The topological polar surface area (TPSA) is 414 Å². The zero-order chi connectivity index (χ0) is 71.1. The number of carboxylic acids is 1. The van der Waals surface area contributed by atoms with Gasteiger partial charge in [-0.05, 0) is 87.4 Å². The summed E-state index contributed by atoms with van der Waals surface area (Å²) in [5.74, 6) is -11.2. The summed E-state index contributed by atoms with van der Waals surface area (Å²) in [6.07, 6.45) is -11.6. The first-order chi connectivity index (χ1) is 45.7. The smallest absolute Gasteiger partial charge is 0.338 e. The summed E-state index contributed by atoms with van der Waals surface area (Å²) >= 11 is 0. The lowest BCUT2D eigenvalue weighted by Crippen LogP contribution is -2.81. The van der Waals surface area contributed by atoms with Crippen molar-refractivity contribution in [3.05, 3.63) is 125 Å². The second-order valence-electron chi connectivity index (χ2n) is 27.1. The number of carboxylic acid groups (broad SMARTS) is 1. The predicted octanol–water partition coefficient (Wildman–Crippen LogP) is 3.28. The number of hydrogen-bond acceptors (Lipinski definition) is 20. The number of nitrogens with zero attached hydrogens (tertiary/aromatic N) is 1. The molecule has 4 aromatic rings. The number of aromatic nitrogens is 1. The van der Waals surface area contributed by atoms with Gasteiger partial charge in [0, 0.05) is 55.4 Å². The molecule has 0 unspecified atom stereocenters. The zero-order valence-corrected chi connectivity index (χ0v) is 55.7. The number of aliphatic carboxylic acids is 1. The van der Waals surface area contributed by atoms with Crippen LogP contribution in [0.2, 0.25) is 0 Å². The Morgan fingerprint density at radius 1 is 0.794 bits per heavy atom. The van der Waals surface area contributed by atoms with Gasteiger partial charge in [0.1, 0.15) is 53.8 Å². The van der Waals surface area contributed by atoms with Gasteiger partial charge in [-0.3, -0.25) is 38.4 Å². The van der Waals surface area contributed by atoms with E-state index in [0.717, 1.165) is 12.3 Å². The summed E-state index contributed by atoms with van der Waals surface area (Å²) in [5, 5.41) is 62.3. The predicted molar refractivity (Wildman–Crippen MR) is 346 cm³/mol. The first kappa shape index (κ1) is 73.8. The van der Waals surface area contributed by atoms with Crippen molar-refractivity contribution in [1.82, 2.24) is 31.6 Å². The highest BCUT2D eigenvalue weighted by molar-refractivity contribution is 5.99. The number of benzene rings is 3. The van der Waals surface area contributed by atoms with E-state index in [1.54, 1.807) is 87.5 Å². The number of para-hydroxylation sites is 1. The van der Waals surface area contributed by atoms with E-state index in [-0.39, 0.29) is 74.1 Å². The number of aliphatic hydroxyl groups is 3. The summed E-state index contributed by atoms with van der Waals surface area (Å²) in [6, 6.07) is 21.1. The molecule has 1 aromatic heterocycles. The van der Waals surface area contributed by atoms with Gasteiger partial charge in [-0.15, -0.1) is 0 Å². The Morgan fingerprint density at radius 2 is 1.45 bits per heavy atom. The van der Waals surface area contributed by atoms with Crippen molar-refractivity contribution in [3.8, 4) is 0 Å². The van der Waals surface area contributed by atoms with Crippen LogP contribution in [0.25, 0.3) is 10.9 Å². The van der Waals surface area contributed by atoms with Gasteiger partial charge in [0.2, 0.25) is 29.5 Å². The molecule has 522 valence electrons. The Kier molecular flexibility index (Phi) is 23.0. The molecule has 97 heavy (non-hydrogen) atoms. The highest BCUT2D eigenvalue weighted by Crippen LogP contribution is 2.64. The van der Waals surface area contributed by atoms with E-state index in [9.17, 15) is 63.6 Å². The van der Waals surface area contributed by atoms with Crippen LogP contribution < -0.4 is 32.3 Å². The molecule has 2 bridgehead atoms. The molecule has 3 aromatic carbocycles. The van der Waals surface area contributed by atoms with Crippen LogP contribution >= 0.6 is 0 Å². The lowest BCUT2D eigenvalue weighted by Gasteiger charge is -2.67. The van der Waals surface area contributed by atoms with Crippen molar-refractivity contribution in [2.24, 2.45) is 27.9 Å². The van der Waals surface area contributed by atoms with Crippen LogP contribution in [-0.4, -0.2) is 176 Å². The van der Waals surface area contributed by atoms with Crippen LogP contribution in [0.3, 0.4) is 0 Å². The van der Waals surface area contributed by atoms with Crippen LogP contribution in [0, 0.1) is 22.2 Å². The second kappa shape index (κ2) is 30.2. The molecule has 14 atom stereocenters. The van der Waals surface area contributed by atoms with Gasteiger partial charge in [0.05, 0.1) is 47.8 Å². The number of aliphatic hydroxyl groups excluding tert-OH is 2. The van der Waals surface area contributed by atoms with Gasteiger partial charge in [0.15, 0.2) is 17.5 Å². The standard InChI is InChI=1S/C70H87N7O20/c1-37-47(35-70(92)58(96-63(89)42-23-14-11-15-24-42)56-68(9,57(83)54(82)52(37)67(70,7)8)48(79)34-49-69(56,36-94-49)97-39(3)78)95-64(90)55(53(41-21-12-10-13-22-41)77-65(91)66(4,5)6)93-33-31-50(80)72-32-19-18-26-46(62(87)88)75-51(81)30-29-44(59(71)84)76-60(85)38(2)73-61(86)45-28-27-40-20-16-17-25-43(40)74-45/h10-17,20-25,27-28,38,44,46-49,53-56,58,79,82,92H,18-19,26,29-36H2,1-9H3,(H2,71,84)(H,72,80)(H,73,86)(H,75,81)(H,76,85)(H,77,91)(H,87,88)/t38-,44+,46-,47-,48-,49+,53-,54+,55+,56-,58-,68+,69-,70+/m0/s1. The molecular formula is C70H87N7O20. The minimum absolute atomic E-state index is 0.0239. The van der Waals surface area contributed by atoms with Gasteiger partial charge in [0.25, 0.3) is 5.91 Å². The Balaban J connectivity index is 0.943. The van der Waals surface area contributed by atoms with Crippen LogP contribution in [-0.2, 0) is 66.8 Å². The summed E-state index contributed by atoms with van der Waals surface area (Å²) < 4.78 is 31.2. The third kappa shape index (κ3) is 15.9. The molecule has 0 radical (unpaired) electrons. The minimum Gasteiger partial charge on any atom is -0.480 e. The Hall–Kier alpha value is -9.02. The maximum Gasteiger partial charge on any atom is 0.338 e. The number of ether oxygens (including phenoxy) is 5. The van der Waals surface area contributed by atoms with Gasteiger partial charge >= 0.3 is 23.9 Å². The summed E-state index contributed by atoms with van der Waals surface area (Å²) in [5.41, 5.74) is -2.63. The number of nitrogens with one attached hydrogen (secondary N) is 5. The highest BCUT2D eigenvalue weighted by atomic mass is 16.6. The highest BCUT2D eigenvalue weighted by Gasteiger charge is 2.78. The number of unbranched alkanes of at least 4 members (excludes halogenated alkanes) is 1. The molecule has 1 saturated heterocycles. The molecule has 11 N–H and O–H groups in total. The number of amides is 6. The lowest BCUT2D eigenvalue weighted by atomic mass is 9.44. The average Bonchev–Trinajstić information content (AvgIpc) is 0.670. The maximum atomic E-state index is 15.4. The number of carbonyl (C=O) groups excluding carboxylic acids is 10. The van der Waals surface area contributed by atoms with E-state index >= 15 is 9.59 Å². The van der Waals surface area contributed by atoms with E-state index in [1.165, 1.54) is 52.8 Å². The average molecular weight is 1350 g/mol. The third-order valence-electron chi connectivity index (χ3n) is 19.2. The SMILES string of the molecule is CC(=O)O[C@@]12CO[C@@H]1C[C@H](O)[C@@]1(C)C(=O)[C@H](O)C3=C(C)[C@@H](OC(=O)[C@H](OCCC(=O)NCCCC[C@H](NC(=O)CC[C@@H](NC(=O)[C@H](C)NC(=O)c4ccc5ccccc5n4)C(N)=O)C(=O)O)[C@@H](NC(=O)C(C)(C)C)c4ccccc4)C[C@@](O)([C@@H](OC(=O)c4ccccc4)[C@H]21)C3(C)C. The number of ketones is 1. The fourth-order valence-corrected chi connectivity index (χ4v) is 13.6. The maximum absolute atomic E-state index is 15.4. The number of rotatable bonds is 27. The molecule has 2 saturated carbocycles. The molecule has 27 heteroatoms. The summed E-state index contributed by atoms with van der Waals surface area (Å²) in [6.45, 7) is 12.5.